The Labute approximate surface area is 177 Å². The summed E-state index contributed by atoms with van der Waals surface area (Å²) in [6.45, 7) is 15.4. The van der Waals surface area contributed by atoms with Crippen molar-refractivity contribution in [1.82, 2.24) is 0 Å². The Bertz CT molecular complexity index is 534. The average Bonchev–Trinajstić information content (AvgIpc) is 3.02. The molecular formula is C28H50. The van der Waals surface area contributed by atoms with Gasteiger partial charge in [0.15, 0.2) is 0 Å². The molecule has 0 aromatic carbocycles. The van der Waals surface area contributed by atoms with Gasteiger partial charge in [-0.2, -0.15) is 0 Å². The van der Waals surface area contributed by atoms with Crippen molar-refractivity contribution in [1.29, 1.82) is 0 Å². The van der Waals surface area contributed by atoms with Crippen molar-refractivity contribution in [2.75, 3.05) is 0 Å². The van der Waals surface area contributed by atoms with E-state index in [9.17, 15) is 0 Å². The predicted molar refractivity (Wildman–Crippen MR) is 122 cm³/mol. The van der Waals surface area contributed by atoms with Crippen LogP contribution in [0.5, 0.6) is 0 Å². The van der Waals surface area contributed by atoms with Gasteiger partial charge in [-0.15, -0.1) is 0 Å². The number of hydrogen-bond donors (Lipinski definition) is 0. The summed E-state index contributed by atoms with van der Waals surface area (Å²) in [6, 6.07) is 0. The molecule has 0 radical (unpaired) electrons. The fourth-order valence-corrected chi connectivity index (χ4v) is 9.33. The second-order valence-corrected chi connectivity index (χ2v) is 12.9. The molecule has 4 aliphatic carbocycles. The Kier molecular flexibility index (Phi) is 6.01. The Balaban J connectivity index is 1.46. The molecule has 0 aromatic rings. The van der Waals surface area contributed by atoms with Gasteiger partial charge in [0.25, 0.3) is 0 Å². The second-order valence-electron chi connectivity index (χ2n) is 12.9. The minimum Gasteiger partial charge on any atom is -0.0625 e. The summed E-state index contributed by atoms with van der Waals surface area (Å²) in [5.74, 6) is 7.96. The van der Waals surface area contributed by atoms with Crippen molar-refractivity contribution in [3.05, 3.63) is 0 Å². The topological polar surface area (TPSA) is 0 Å². The largest absolute Gasteiger partial charge is 0.0625 e. The zero-order valence-electron chi connectivity index (χ0n) is 20.1. The molecule has 9 atom stereocenters. The highest BCUT2D eigenvalue weighted by atomic mass is 14.6. The normalized spacial score (nSPS) is 47.9. The maximum absolute atomic E-state index is 2.75. The van der Waals surface area contributed by atoms with Crippen LogP contribution in [-0.4, -0.2) is 0 Å². The van der Waals surface area contributed by atoms with Gasteiger partial charge in [0.2, 0.25) is 0 Å². The summed E-state index contributed by atoms with van der Waals surface area (Å²) >= 11 is 0. The fourth-order valence-electron chi connectivity index (χ4n) is 9.33. The molecule has 0 spiro atoms. The number of hydrogen-bond acceptors (Lipinski definition) is 0. The maximum atomic E-state index is 2.75. The van der Waals surface area contributed by atoms with Crippen molar-refractivity contribution >= 4 is 0 Å². The van der Waals surface area contributed by atoms with Crippen molar-refractivity contribution in [2.45, 2.75) is 119 Å². The molecule has 0 heteroatoms. The van der Waals surface area contributed by atoms with Crippen LogP contribution in [0.1, 0.15) is 119 Å². The average molecular weight is 387 g/mol. The Morgan fingerprint density at radius 2 is 1.46 bits per heavy atom. The van der Waals surface area contributed by atoms with Gasteiger partial charge < -0.3 is 0 Å². The smallest absolute Gasteiger partial charge is 0.0264 e. The molecule has 0 nitrogen and oxygen atoms in total. The highest BCUT2D eigenvalue weighted by Crippen LogP contribution is 2.68. The molecule has 162 valence electrons. The molecule has 0 bridgehead atoms. The zero-order valence-corrected chi connectivity index (χ0v) is 20.1. The summed E-state index contributed by atoms with van der Waals surface area (Å²) in [4.78, 5) is 0. The standard InChI is InChI=1S/C28H50/c1-19(2)20(3)10-11-21(4)24-14-15-25-23-13-12-22-9-7-8-17-27(22,5)26(23)16-18-28(24,25)6/h19-26H,7-18H2,1-6H3/t20-,21+,22+,23-,24+,25-,26+,27+,28+/m0/s1. The maximum Gasteiger partial charge on any atom is -0.0264 e. The lowest BCUT2D eigenvalue weighted by Gasteiger charge is -2.61. The predicted octanol–water partition coefficient (Wildman–Crippen LogP) is 8.74. The van der Waals surface area contributed by atoms with Gasteiger partial charge in [-0.25, -0.2) is 0 Å². The highest BCUT2D eigenvalue weighted by molar-refractivity contribution is 5.09. The van der Waals surface area contributed by atoms with Gasteiger partial charge in [-0.1, -0.05) is 67.2 Å². The summed E-state index contributed by atoms with van der Waals surface area (Å²) in [7, 11) is 0. The molecule has 4 rings (SSSR count). The molecule has 0 aromatic heterocycles. The van der Waals surface area contributed by atoms with Crippen LogP contribution >= 0.6 is 0 Å². The first kappa shape index (κ1) is 21.2. The molecule has 4 fully saturated rings. The Morgan fingerprint density at radius 3 is 2.21 bits per heavy atom. The van der Waals surface area contributed by atoms with Crippen molar-refractivity contribution < 1.29 is 0 Å². The summed E-state index contributed by atoms with van der Waals surface area (Å²) in [5.41, 5.74) is 1.37. The third-order valence-electron chi connectivity index (χ3n) is 11.6. The van der Waals surface area contributed by atoms with Crippen LogP contribution in [0.15, 0.2) is 0 Å². The molecule has 28 heavy (non-hydrogen) atoms. The first-order valence-corrected chi connectivity index (χ1v) is 13.3. The molecule has 0 aliphatic heterocycles. The molecule has 0 saturated heterocycles. The molecular weight excluding hydrogens is 336 g/mol. The molecule has 4 aliphatic rings. The van der Waals surface area contributed by atoms with Crippen LogP contribution in [0.4, 0.5) is 0 Å². The molecule has 4 saturated carbocycles. The highest BCUT2D eigenvalue weighted by Gasteiger charge is 2.60. The summed E-state index contributed by atoms with van der Waals surface area (Å²) < 4.78 is 0. The first-order chi connectivity index (χ1) is 13.3. The minimum absolute atomic E-state index is 0.666. The van der Waals surface area contributed by atoms with Gasteiger partial charge >= 0.3 is 0 Å². The Morgan fingerprint density at radius 1 is 0.714 bits per heavy atom. The van der Waals surface area contributed by atoms with Crippen LogP contribution in [0.2, 0.25) is 0 Å². The third-order valence-corrected chi connectivity index (χ3v) is 11.6. The SMILES string of the molecule is CC(C)[C@@H](C)CC[C@@H](C)[C@H]1CC[C@H]2[C@@H]3CC[C@H]4CCCC[C@@]4(C)[C@@H]3CC[C@]12C. The monoisotopic (exact) mass is 386 g/mol. The second kappa shape index (κ2) is 7.92. The van der Waals surface area contributed by atoms with Crippen LogP contribution in [0.25, 0.3) is 0 Å². The lowest BCUT2D eigenvalue weighted by atomic mass is 9.44. The van der Waals surface area contributed by atoms with Gasteiger partial charge in [-0.3, -0.25) is 0 Å². The van der Waals surface area contributed by atoms with Crippen LogP contribution < -0.4 is 0 Å². The van der Waals surface area contributed by atoms with Crippen LogP contribution in [-0.2, 0) is 0 Å². The zero-order chi connectivity index (χ0) is 20.1. The molecule has 0 unspecified atom stereocenters. The van der Waals surface area contributed by atoms with E-state index in [0.29, 0.717) is 10.8 Å². The molecule has 0 N–H and O–H groups in total. The number of rotatable bonds is 5. The first-order valence-electron chi connectivity index (χ1n) is 13.3. The van der Waals surface area contributed by atoms with Gasteiger partial charge in [0.05, 0.1) is 0 Å². The van der Waals surface area contributed by atoms with E-state index in [1.165, 1.54) is 25.7 Å². The van der Waals surface area contributed by atoms with Gasteiger partial charge in [0, 0.05) is 0 Å². The molecule has 0 heterocycles. The Hall–Kier alpha value is 0. The molecule has 0 amide bonds. The lowest BCUT2D eigenvalue weighted by molar-refractivity contribution is -0.114. The van der Waals surface area contributed by atoms with E-state index in [1.54, 1.807) is 51.4 Å². The van der Waals surface area contributed by atoms with E-state index in [4.69, 9.17) is 0 Å². The quantitative estimate of drug-likeness (QED) is 0.443. The van der Waals surface area contributed by atoms with Crippen LogP contribution in [0, 0.1) is 58.2 Å². The summed E-state index contributed by atoms with van der Waals surface area (Å²) in [6.07, 6.45) is 18.4. The van der Waals surface area contributed by atoms with E-state index >= 15 is 0 Å². The van der Waals surface area contributed by atoms with Crippen molar-refractivity contribution in [2.24, 2.45) is 58.2 Å². The van der Waals surface area contributed by atoms with E-state index in [-0.39, 0.29) is 0 Å². The van der Waals surface area contributed by atoms with Crippen molar-refractivity contribution in [3.8, 4) is 0 Å². The summed E-state index contributed by atoms with van der Waals surface area (Å²) in [5, 5.41) is 0. The van der Waals surface area contributed by atoms with Crippen LogP contribution in [0.3, 0.4) is 0 Å². The third kappa shape index (κ3) is 3.41. The van der Waals surface area contributed by atoms with E-state index in [0.717, 1.165) is 47.3 Å². The van der Waals surface area contributed by atoms with E-state index < -0.39 is 0 Å². The van der Waals surface area contributed by atoms with E-state index in [1.807, 2.05) is 0 Å². The van der Waals surface area contributed by atoms with Gasteiger partial charge in [-0.05, 0) is 110 Å². The lowest BCUT2D eigenvalue weighted by Crippen LogP contribution is -2.53. The van der Waals surface area contributed by atoms with Crippen molar-refractivity contribution in [3.63, 3.8) is 0 Å². The van der Waals surface area contributed by atoms with E-state index in [2.05, 4.69) is 41.5 Å². The minimum atomic E-state index is 0.666. The fraction of sp³-hybridized carbons (Fsp3) is 1.00. The van der Waals surface area contributed by atoms with Gasteiger partial charge in [0.1, 0.15) is 0 Å². The number of fused-ring (bicyclic) bond motifs is 5.